The largest absolute Gasteiger partial charge is 0.401 e. The van der Waals surface area contributed by atoms with Crippen molar-refractivity contribution in [3.63, 3.8) is 0 Å². The molecular formula is C17H23ClF3N3O. The minimum absolute atomic E-state index is 0.0553. The number of hydrogen-bond acceptors (Lipinski definition) is 2. The molecule has 0 radical (unpaired) electrons. The van der Waals surface area contributed by atoms with Gasteiger partial charge in [-0.15, -0.1) is 0 Å². The van der Waals surface area contributed by atoms with Gasteiger partial charge in [-0.1, -0.05) is 23.7 Å². The zero-order chi connectivity index (χ0) is 18.4. The molecule has 2 N–H and O–H groups in total. The fourth-order valence-corrected chi connectivity index (χ4v) is 3.14. The van der Waals surface area contributed by atoms with Crippen LogP contribution in [-0.2, 0) is 6.42 Å². The van der Waals surface area contributed by atoms with E-state index in [0.29, 0.717) is 37.5 Å². The molecule has 1 aromatic rings. The van der Waals surface area contributed by atoms with E-state index < -0.39 is 12.7 Å². The zero-order valence-electron chi connectivity index (χ0n) is 14.1. The summed E-state index contributed by atoms with van der Waals surface area (Å²) in [6.07, 6.45) is -2.83. The third-order valence-corrected chi connectivity index (χ3v) is 4.41. The fraction of sp³-hybridized carbons (Fsp3) is 0.588. The fourth-order valence-electron chi connectivity index (χ4n) is 3.01. The molecule has 1 fully saturated rings. The molecule has 0 spiro atoms. The van der Waals surface area contributed by atoms with E-state index in [1.165, 1.54) is 4.90 Å². The maximum Gasteiger partial charge on any atom is 0.401 e. The van der Waals surface area contributed by atoms with Gasteiger partial charge in [-0.3, -0.25) is 4.90 Å². The molecule has 0 saturated carbocycles. The highest BCUT2D eigenvalue weighted by atomic mass is 35.5. The first-order valence-electron chi connectivity index (χ1n) is 8.29. The summed E-state index contributed by atoms with van der Waals surface area (Å²) in [6.45, 7) is 2.18. The summed E-state index contributed by atoms with van der Waals surface area (Å²) in [5.41, 5.74) is 1.07. The van der Waals surface area contributed by atoms with Gasteiger partial charge in [0.1, 0.15) is 0 Å². The number of carbonyl (C=O) groups is 1. The topological polar surface area (TPSA) is 44.4 Å². The lowest BCUT2D eigenvalue weighted by atomic mass is 10.1. The van der Waals surface area contributed by atoms with Crippen molar-refractivity contribution in [2.24, 2.45) is 5.92 Å². The van der Waals surface area contributed by atoms with Crippen molar-refractivity contribution < 1.29 is 18.0 Å². The maximum absolute atomic E-state index is 12.4. The van der Waals surface area contributed by atoms with Crippen LogP contribution in [0.3, 0.4) is 0 Å². The third kappa shape index (κ3) is 7.52. The Morgan fingerprint density at radius 3 is 2.68 bits per heavy atom. The Morgan fingerprint density at radius 2 is 2.04 bits per heavy atom. The number of amides is 2. The Labute approximate surface area is 150 Å². The number of benzene rings is 1. The van der Waals surface area contributed by atoms with Crippen LogP contribution in [0.4, 0.5) is 18.0 Å². The number of alkyl halides is 3. The highest BCUT2D eigenvalue weighted by molar-refractivity contribution is 6.30. The van der Waals surface area contributed by atoms with Crippen molar-refractivity contribution in [2.75, 3.05) is 26.2 Å². The molecule has 25 heavy (non-hydrogen) atoms. The molecule has 0 unspecified atom stereocenters. The highest BCUT2D eigenvalue weighted by Gasteiger charge is 2.34. The summed E-state index contributed by atoms with van der Waals surface area (Å²) in [7, 11) is 0. The first-order valence-corrected chi connectivity index (χ1v) is 8.67. The minimum atomic E-state index is -4.17. The van der Waals surface area contributed by atoms with Gasteiger partial charge < -0.3 is 10.6 Å². The third-order valence-electron chi connectivity index (χ3n) is 4.16. The molecule has 1 aliphatic heterocycles. The van der Waals surface area contributed by atoms with Crippen LogP contribution in [-0.4, -0.2) is 49.3 Å². The van der Waals surface area contributed by atoms with Crippen LogP contribution < -0.4 is 10.6 Å². The van der Waals surface area contributed by atoms with E-state index in [-0.39, 0.29) is 18.0 Å². The van der Waals surface area contributed by atoms with E-state index in [4.69, 9.17) is 11.6 Å². The van der Waals surface area contributed by atoms with Gasteiger partial charge in [0.25, 0.3) is 0 Å². The Kier molecular flexibility index (Phi) is 6.95. The van der Waals surface area contributed by atoms with Gasteiger partial charge in [0, 0.05) is 24.2 Å². The van der Waals surface area contributed by atoms with Gasteiger partial charge in [0.2, 0.25) is 0 Å². The molecule has 2 amide bonds. The minimum Gasteiger partial charge on any atom is -0.338 e. The molecule has 4 nitrogen and oxygen atoms in total. The Morgan fingerprint density at radius 1 is 1.36 bits per heavy atom. The second-order valence-corrected chi connectivity index (χ2v) is 7.03. The number of nitrogens with zero attached hydrogens (tertiary/aromatic N) is 1. The standard InChI is InChI=1S/C17H23ClF3N3O/c1-12(8-13-2-4-15(18)5-3-13)23-16(25)22-9-14-6-7-24(10-14)11-17(19,20)21/h2-5,12,14H,6-11H2,1H3,(H2,22,23,25)/t12-,14-/m1/s1. The number of hydrogen-bond donors (Lipinski definition) is 2. The number of carbonyl (C=O) groups excluding carboxylic acids is 1. The molecule has 0 aliphatic carbocycles. The van der Waals surface area contributed by atoms with Gasteiger partial charge >= 0.3 is 12.2 Å². The average molecular weight is 378 g/mol. The van der Waals surface area contributed by atoms with Gasteiger partial charge in [0.05, 0.1) is 6.54 Å². The number of rotatable bonds is 6. The lowest BCUT2D eigenvalue weighted by Crippen LogP contribution is -2.43. The summed E-state index contributed by atoms with van der Waals surface area (Å²) < 4.78 is 37.1. The zero-order valence-corrected chi connectivity index (χ0v) is 14.8. The van der Waals surface area contributed by atoms with Crippen LogP contribution in [0, 0.1) is 5.92 Å². The molecule has 1 saturated heterocycles. The normalized spacial score (nSPS) is 19.6. The summed E-state index contributed by atoms with van der Waals surface area (Å²) >= 11 is 5.84. The van der Waals surface area contributed by atoms with Crippen molar-refractivity contribution >= 4 is 17.6 Å². The summed E-state index contributed by atoms with van der Waals surface area (Å²) in [5.74, 6) is 0.0553. The maximum atomic E-state index is 12.4. The lowest BCUT2D eigenvalue weighted by molar-refractivity contribution is -0.143. The van der Waals surface area contributed by atoms with Crippen LogP contribution in [0.1, 0.15) is 18.9 Å². The Balaban J connectivity index is 1.66. The van der Waals surface area contributed by atoms with E-state index in [1.807, 2.05) is 19.1 Å². The molecule has 2 rings (SSSR count). The van der Waals surface area contributed by atoms with Crippen LogP contribution in [0.2, 0.25) is 5.02 Å². The summed E-state index contributed by atoms with van der Waals surface area (Å²) in [4.78, 5) is 13.3. The smallest absolute Gasteiger partial charge is 0.338 e. The quantitative estimate of drug-likeness (QED) is 0.797. The summed E-state index contributed by atoms with van der Waals surface area (Å²) in [6, 6.07) is 7.06. The van der Waals surface area contributed by atoms with E-state index in [9.17, 15) is 18.0 Å². The van der Waals surface area contributed by atoms with Crippen LogP contribution in [0.15, 0.2) is 24.3 Å². The Bertz CT molecular complexity index is 565. The SMILES string of the molecule is C[C@H](Cc1ccc(Cl)cc1)NC(=O)NC[C@H]1CCN(CC(F)(F)F)C1. The number of halogens is 4. The summed E-state index contributed by atoms with van der Waals surface area (Å²) in [5, 5.41) is 6.26. The van der Waals surface area contributed by atoms with Crippen LogP contribution in [0.25, 0.3) is 0 Å². The molecule has 1 aliphatic rings. The highest BCUT2D eigenvalue weighted by Crippen LogP contribution is 2.22. The molecule has 0 aromatic heterocycles. The number of urea groups is 1. The van der Waals surface area contributed by atoms with Crippen LogP contribution in [0.5, 0.6) is 0 Å². The van der Waals surface area contributed by atoms with Crippen molar-refractivity contribution in [1.82, 2.24) is 15.5 Å². The van der Waals surface area contributed by atoms with E-state index in [2.05, 4.69) is 10.6 Å². The molecule has 140 valence electrons. The molecule has 8 heteroatoms. The predicted molar refractivity (Wildman–Crippen MR) is 91.8 cm³/mol. The first kappa shape index (κ1) is 19.8. The van der Waals surface area contributed by atoms with Gasteiger partial charge in [-0.2, -0.15) is 13.2 Å². The first-order chi connectivity index (χ1) is 11.7. The monoisotopic (exact) mass is 377 g/mol. The average Bonchev–Trinajstić information content (AvgIpc) is 2.93. The van der Waals surface area contributed by atoms with Crippen molar-refractivity contribution in [3.8, 4) is 0 Å². The van der Waals surface area contributed by atoms with Crippen LogP contribution >= 0.6 is 11.6 Å². The molecule has 0 bridgehead atoms. The van der Waals surface area contributed by atoms with E-state index in [1.54, 1.807) is 12.1 Å². The number of likely N-dealkylation sites (tertiary alicyclic amines) is 1. The van der Waals surface area contributed by atoms with Gasteiger partial charge in [0.15, 0.2) is 0 Å². The number of nitrogens with one attached hydrogen (secondary N) is 2. The van der Waals surface area contributed by atoms with Gasteiger partial charge in [-0.05, 0) is 49.9 Å². The molecule has 1 heterocycles. The molecular weight excluding hydrogens is 355 g/mol. The predicted octanol–water partition coefficient (Wildman–Crippen LogP) is 3.45. The van der Waals surface area contributed by atoms with E-state index >= 15 is 0 Å². The van der Waals surface area contributed by atoms with Crippen molar-refractivity contribution in [3.05, 3.63) is 34.9 Å². The Hall–Kier alpha value is -1.47. The van der Waals surface area contributed by atoms with Crippen molar-refractivity contribution in [1.29, 1.82) is 0 Å². The lowest BCUT2D eigenvalue weighted by Gasteiger charge is -2.19. The second-order valence-electron chi connectivity index (χ2n) is 6.59. The van der Waals surface area contributed by atoms with E-state index in [0.717, 1.165) is 5.56 Å². The van der Waals surface area contributed by atoms with Crippen molar-refractivity contribution in [2.45, 2.75) is 32.0 Å². The molecule has 1 aromatic carbocycles. The molecule has 2 atom stereocenters. The van der Waals surface area contributed by atoms with Gasteiger partial charge in [-0.25, -0.2) is 4.79 Å². The second kappa shape index (κ2) is 8.76.